The molecule has 4 aliphatic rings. The lowest BCUT2D eigenvalue weighted by molar-refractivity contribution is -0.164. The monoisotopic (exact) mass is 429 g/mol. The number of benzene rings is 1. The van der Waals surface area contributed by atoms with Crippen LogP contribution in [0.5, 0.6) is 5.75 Å². The van der Waals surface area contributed by atoms with Crippen LogP contribution in [0.2, 0.25) is 5.02 Å². The second-order valence-corrected chi connectivity index (χ2v) is 11.8. The largest absolute Gasteiger partial charge is 0.490 e. The van der Waals surface area contributed by atoms with E-state index in [2.05, 4.69) is 32.7 Å². The molecule has 3 nitrogen and oxygen atoms in total. The van der Waals surface area contributed by atoms with Gasteiger partial charge < -0.3 is 9.64 Å². The molecule has 4 fully saturated rings. The molecule has 1 aromatic rings. The van der Waals surface area contributed by atoms with Gasteiger partial charge in [0.15, 0.2) is 0 Å². The highest BCUT2D eigenvalue weighted by Gasteiger charge is 2.62. The molecule has 1 aliphatic heterocycles. The van der Waals surface area contributed by atoms with Crippen molar-refractivity contribution >= 4 is 17.5 Å². The Bertz CT molecular complexity index is 842. The smallest absolute Gasteiger partial charge is 0.222 e. The highest BCUT2D eigenvalue weighted by atomic mass is 35.5. The minimum absolute atomic E-state index is 0.271. The van der Waals surface area contributed by atoms with Crippen molar-refractivity contribution in [2.75, 3.05) is 7.05 Å². The van der Waals surface area contributed by atoms with E-state index in [0.717, 1.165) is 60.6 Å². The molecule has 1 amide bonds. The van der Waals surface area contributed by atoms with Gasteiger partial charge in [0.1, 0.15) is 5.75 Å². The molecule has 0 N–H and O–H groups in total. The van der Waals surface area contributed by atoms with Crippen molar-refractivity contribution in [3.05, 3.63) is 29.3 Å². The van der Waals surface area contributed by atoms with Gasteiger partial charge in [-0.25, -0.2) is 0 Å². The summed E-state index contributed by atoms with van der Waals surface area (Å²) in [4.78, 5) is 14.5. The number of fused-ring (bicyclic) bond motifs is 5. The minimum Gasteiger partial charge on any atom is -0.490 e. The van der Waals surface area contributed by atoms with Gasteiger partial charge in [0, 0.05) is 24.5 Å². The number of hydrogen-bond donors (Lipinski definition) is 0. The molecule has 1 heterocycles. The van der Waals surface area contributed by atoms with Crippen LogP contribution in [0.3, 0.4) is 0 Å². The normalized spacial score (nSPS) is 45.5. The van der Waals surface area contributed by atoms with E-state index in [1.165, 1.54) is 12.8 Å². The molecule has 3 saturated carbocycles. The lowest BCUT2D eigenvalue weighted by Crippen LogP contribution is -2.62. The van der Waals surface area contributed by atoms with E-state index >= 15 is 0 Å². The first-order chi connectivity index (χ1) is 14.2. The Morgan fingerprint density at radius 3 is 2.73 bits per heavy atom. The molecule has 4 heteroatoms. The molecule has 3 aliphatic carbocycles. The summed E-state index contributed by atoms with van der Waals surface area (Å²) < 4.78 is 6.45. The maximum Gasteiger partial charge on any atom is 0.222 e. The number of piperidine rings is 1. The number of rotatable bonds is 2. The Morgan fingerprint density at radius 2 is 1.97 bits per heavy atom. The van der Waals surface area contributed by atoms with E-state index in [0.29, 0.717) is 23.3 Å². The summed E-state index contributed by atoms with van der Waals surface area (Å²) in [5, 5.41) is 0.741. The van der Waals surface area contributed by atoms with Gasteiger partial charge in [-0.15, -0.1) is 0 Å². The number of carbonyl (C=O) groups is 1. The predicted octanol–water partition coefficient (Wildman–Crippen LogP) is 6.20. The number of hydrogen-bond acceptors (Lipinski definition) is 2. The number of carbonyl (C=O) groups excluding carboxylic acids is 1. The van der Waals surface area contributed by atoms with Crippen molar-refractivity contribution in [1.82, 2.24) is 4.90 Å². The van der Waals surface area contributed by atoms with Crippen LogP contribution in [-0.2, 0) is 4.79 Å². The lowest BCUT2D eigenvalue weighted by atomic mass is 9.45. The fraction of sp³-hybridized carbons (Fsp3) is 0.731. The van der Waals surface area contributed by atoms with Crippen molar-refractivity contribution < 1.29 is 9.53 Å². The van der Waals surface area contributed by atoms with E-state index in [1.807, 2.05) is 24.3 Å². The fourth-order valence-electron chi connectivity index (χ4n) is 8.28. The van der Waals surface area contributed by atoms with E-state index in [-0.39, 0.29) is 11.5 Å². The van der Waals surface area contributed by atoms with Crippen molar-refractivity contribution in [3.8, 4) is 5.75 Å². The van der Waals surface area contributed by atoms with Crippen LogP contribution >= 0.6 is 11.6 Å². The van der Waals surface area contributed by atoms with E-state index in [1.54, 1.807) is 0 Å². The van der Waals surface area contributed by atoms with E-state index < -0.39 is 0 Å². The summed E-state index contributed by atoms with van der Waals surface area (Å²) in [5.41, 5.74) is 0.644. The first-order valence-corrected chi connectivity index (χ1v) is 12.3. The van der Waals surface area contributed by atoms with Crippen molar-refractivity contribution in [1.29, 1.82) is 0 Å². The maximum atomic E-state index is 12.4. The van der Waals surface area contributed by atoms with Gasteiger partial charge in [-0.1, -0.05) is 38.4 Å². The molecule has 0 spiro atoms. The number of halogens is 1. The molecule has 3 unspecified atom stereocenters. The summed E-state index contributed by atoms with van der Waals surface area (Å²) in [7, 11) is 2.05. The minimum atomic E-state index is 0.271. The second kappa shape index (κ2) is 7.15. The quantitative estimate of drug-likeness (QED) is 0.560. The molecule has 0 bridgehead atoms. The number of ether oxygens (including phenoxy) is 1. The molecule has 0 radical (unpaired) electrons. The second-order valence-electron chi connectivity index (χ2n) is 11.4. The van der Waals surface area contributed by atoms with Crippen LogP contribution in [0.1, 0.15) is 65.7 Å². The molecule has 30 heavy (non-hydrogen) atoms. The van der Waals surface area contributed by atoms with Gasteiger partial charge in [0.05, 0.1) is 6.10 Å². The zero-order valence-electron chi connectivity index (χ0n) is 18.9. The average Bonchev–Trinajstić information content (AvgIpc) is 3.02. The molecule has 1 aromatic carbocycles. The molecular weight excluding hydrogens is 394 g/mol. The molecule has 5 rings (SSSR count). The predicted molar refractivity (Wildman–Crippen MR) is 121 cm³/mol. The van der Waals surface area contributed by atoms with Crippen molar-refractivity contribution in [2.45, 2.75) is 77.9 Å². The molecular formula is C26H36ClNO2. The Labute approximate surface area is 186 Å². The fourth-order valence-corrected chi connectivity index (χ4v) is 8.46. The standard InChI is InChI=1S/C26H36ClNO2/c1-16-12-22-26(3,11-9-23(29)28(22)4)20-8-10-25(2)15-19(14-21(25)24(16)20)30-18-7-5-6-17(27)13-18/h5-7,13,16,19-22,24H,8-12,14-15H2,1-4H3/t16?,19?,20-,21+,22?,24-,25-,26-/m1/s1. The third-order valence-electron chi connectivity index (χ3n) is 9.76. The number of likely N-dealkylation sites (tertiary alicyclic amines) is 1. The number of nitrogens with zero attached hydrogens (tertiary/aromatic N) is 1. The molecule has 1 saturated heterocycles. The Balaban J connectivity index is 1.40. The first-order valence-electron chi connectivity index (χ1n) is 11.9. The van der Waals surface area contributed by atoms with Crippen LogP contribution in [0.4, 0.5) is 0 Å². The van der Waals surface area contributed by atoms with Gasteiger partial charge in [0.2, 0.25) is 5.91 Å². The zero-order valence-corrected chi connectivity index (χ0v) is 19.6. The highest BCUT2D eigenvalue weighted by molar-refractivity contribution is 6.30. The summed E-state index contributed by atoms with van der Waals surface area (Å²) >= 11 is 6.18. The maximum absolute atomic E-state index is 12.4. The van der Waals surface area contributed by atoms with E-state index in [4.69, 9.17) is 16.3 Å². The van der Waals surface area contributed by atoms with Crippen molar-refractivity contribution in [2.24, 2.45) is 34.5 Å². The van der Waals surface area contributed by atoms with Gasteiger partial charge in [-0.3, -0.25) is 4.79 Å². The summed E-state index contributed by atoms with van der Waals surface area (Å²) in [6, 6.07) is 8.27. The van der Waals surface area contributed by atoms with Crippen LogP contribution in [0.25, 0.3) is 0 Å². The highest BCUT2D eigenvalue weighted by Crippen LogP contribution is 2.66. The Hall–Kier alpha value is -1.22. The summed E-state index contributed by atoms with van der Waals surface area (Å²) in [5.74, 6) is 4.11. The number of amides is 1. The third kappa shape index (κ3) is 3.10. The van der Waals surface area contributed by atoms with E-state index in [9.17, 15) is 4.79 Å². The van der Waals surface area contributed by atoms with Gasteiger partial charge in [-0.05, 0) is 91.2 Å². The SMILES string of the molecule is CC1CC2N(C)C(=O)CC[C@]2(C)[C@@H]2CC[C@]3(C)CC(Oc4cccc(Cl)c4)C[C@H]3[C@H]12. The Kier molecular flexibility index (Phi) is 4.93. The van der Waals surface area contributed by atoms with Crippen molar-refractivity contribution in [3.63, 3.8) is 0 Å². The van der Waals surface area contributed by atoms with Crippen LogP contribution in [0.15, 0.2) is 24.3 Å². The zero-order chi connectivity index (χ0) is 21.3. The average molecular weight is 430 g/mol. The van der Waals surface area contributed by atoms with Gasteiger partial charge in [-0.2, -0.15) is 0 Å². The molecule has 0 aromatic heterocycles. The third-order valence-corrected chi connectivity index (χ3v) is 9.99. The van der Waals surface area contributed by atoms with Crippen LogP contribution in [0, 0.1) is 34.5 Å². The molecule has 164 valence electrons. The topological polar surface area (TPSA) is 29.5 Å². The van der Waals surface area contributed by atoms with Crippen LogP contribution in [-0.4, -0.2) is 30.0 Å². The molecule has 8 atom stereocenters. The van der Waals surface area contributed by atoms with Crippen LogP contribution < -0.4 is 4.74 Å². The van der Waals surface area contributed by atoms with Gasteiger partial charge >= 0.3 is 0 Å². The lowest BCUT2D eigenvalue weighted by Gasteiger charge is -2.63. The summed E-state index contributed by atoms with van der Waals surface area (Å²) in [6.07, 6.45) is 8.15. The summed E-state index contributed by atoms with van der Waals surface area (Å²) in [6.45, 7) is 7.48. The first kappa shape index (κ1) is 20.7. The Morgan fingerprint density at radius 1 is 1.17 bits per heavy atom. The van der Waals surface area contributed by atoms with Gasteiger partial charge in [0.25, 0.3) is 0 Å².